The molecule has 1 atom stereocenters. The summed E-state index contributed by atoms with van der Waals surface area (Å²) in [5.41, 5.74) is 3.44. The molecular formula is C17H31N3O. The van der Waals surface area contributed by atoms with Gasteiger partial charge in [0.15, 0.2) is 5.82 Å². The van der Waals surface area contributed by atoms with E-state index in [4.69, 9.17) is 4.74 Å². The highest BCUT2D eigenvalue weighted by Crippen LogP contribution is 2.21. The molecule has 1 unspecified atom stereocenters. The van der Waals surface area contributed by atoms with Crippen molar-refractivity contribution in [3.63, 3.8) is 0 Å². The zero-order valence-electron chi connectivity index (χ0n) is 14.5. The topological polar surface area (TPSA) is 47.0 Å². The lowest BCUT2D eigenvalue weighted by atomic mass is 10.1. The third-order valence-electron chi connectivity index (χ3n) is 3.67. The molecular weight excluding hydrogens is 262 g/mol. The number of hydrogen-bond acceptors (Lipinski definition) is 4. The van der Waals surface area contributed by atoms with Crippen LogP contribution in [-0.2, 0) is 11.2 Å². The van der Waals surface area contributed by atoms with Crippen molar-refractivity contribution in [1.29, 1.82) is 0 Å². The molecule has 21 heavy (non-hydrogen) atoms. The largest absolute Gasteiger partial charge is 0.373 e. The van der Waals surface area contributed by atoms with Gasteiger partial charge < -0.3 is 10.1 Å². The van der Waals surface area contributed by atoms with E-state index < -0.39 is 0 Å². The van der Waals surface area contributed by atoms with Crippen molar-refractivity contribution in [3.8, 4) is 0 Å². The molecule has 0 aliphatic heterocycles. The van der Waals surface area contributed by atoms with Crippen LogP contribution in [0.15, 0.2) is 0 Å². The summed E-state index contributed by atoms with van der Waals surface area (Å²) in [6, 6.07) is 0. The number of methoxy groups -OCH3 is 1. The molecule has 0 bridgehead atoms. The fraction of sp³-hybridized carbons (Fsp3) is 0.765. The third kappa shape index (κ3) is 5.71. The fourth-order valence-electron chi connectivity index (χ4n) is 2.49. The first-order valence-corrected chi connectivity index (χ1v) is 8.07. The molecule has 4 nitrogen and oxygen atoms in total. The maximum Gasteiger partial charge on any atom is 0.157 e. The summed E-state index contributed by atoms with van der Waals surface area (Å²) in [6.07, 6.45) is 3.03. The van der Waals surface area contributed by atoms with E-state index in [1.165, 1.54) is 5.56 Å². The second-order valence-corrected chi connectivity index (χ2v) is 6.09. The Hall–Kier alpha value is -1.00. The summed E-state index contributed by atoms with van der Waals surface area (Å²) in [5.74, 6) is 1.51. The normalized spacial score (nSPS) is 12.9. The summed E-state index contributed by atoms with van der Waals surface area (Å²) >= 11 is 0. The molecule has 1 N–H and O–H groups in total. The molecule has 0 saturated heterocycles. The van der Waals surface area contributed by atoms with Gasteiger partial charge in [-0.15, -0.1) is 0 Å². The number of nitrogens with one attached hydrogen (secondary N) is 1. The van der Waals surface area contributed by atoms with Gasteiger partial charge in [-0.3, -0.25) is 0 Å². The van der Waals surface area contributed by atoms with Gasteiger partial charge in [-0.1, -0.05) is 27.2 Å². The molecule has 1 heterocycles. The minimum atomic E-state index is 0.0144. The molecule has 0 aliphatic carbocycles. The highest BCUT2D eigenvalue weighted by molar-refractivity contribution is 5.25. The standard InChI is InChI=1S/C17H31N3O/c1-7-8-16(21-6)17-19-13(4)15(14(5)20-17)9-10-18-11-12(2)3/h12,16,18H,7-11H2,1-6H3. The summed E-state index contributed by atoms with van der Waals surface area (Å²) in [4.78, 5) is 9.35. The average molecular weight is 293 g/mol. The van der Waals surface area contributed by atoms with E-state index in [2.05, 4.69) is 49.9 Å². The van der Waals surface area contributed by atoms with Gasteiger partial charge in [-0.05, 0) is 51.3 Å². The van der Waals surface area contributed by atoms with Crippen molar-refractivity contribution < 1.29 is 4.74 Å². The van der Waals surface area contributed by atoms with Crippen LogP contribution in [0.25, 0.3) is 0 Å². The fourth-order valence-corrected chi connectivity index (χ4v) is 2.49. The van der Waals surface area contributed by atoms with Gasteiger partial charge in [-0.2, -0.15) is 0 Å². The predicted molar refractivity (Wildman–Crippen MR) is 87.6 cm³/mol. The Bertz CT molecular complexity index is 409. The SMILES string of the molecule is CCCC(OC)c1nc(C)c(CCNCC(C)C)c(C)n1. The van der Waals surface area contributed by atoms with Crippen molar-refractivity contribution in [3.05, 3.63) is 22.8 Å². The maximum atomic E-state index is 5.51. The molecule has 0 aromatic carbocycles. The lowest BCUT2D eigenvalue weighted by Gasteiger charge is -2.17. The Morgan fingerprint density at radius 3 is 2.24 bits per heavy atom. The Balaban J connectivity index is 2.75. The molecule has 1 aromatic heterocycles. The molecule has 0 saturated carbocycles. The molecule has 1 rings (SSSR count). The van der Waals surface area contributed by atoms with Gasteiger partial charge in [0.25, 0.3) is 0 Å². The van der Waals surface area contributed by atoms with Crippen molar-refractivity contribution in [2.24, 2.45) is 5.92 Å². The molecule has 1 aromatic rings. The van der Waals surface area contributed by atoms with Gasteiger partial charge in [0.05, 0.1) is 0 Å². The molecule has 4 heteroatoms. The van der Waals surface area contributed by atoms with Gasteiger partial charge in [-0.25, -0.2) is 9.97 Å². The van der Waals surface area contributed by atoms with Crippen LogP contribution >= 0.6 is 0 Å². The van der Waals surface area contributed by atoms with E-state index in [1.54, 1.807) is 7.11 Å². The number of hydrogen-bond donors (Lipinski definition) is 1. The number of aryl methyl sites for hydroxylation is 2. The molecule has 0 aliphatic rings. The smallest absolute Gasteiger partial charge is 0.157 e. The molecule has 0 radical (unpaired) electrons. The molecule has 0 amide bonds. The summed E-state index contributed by atoms with van der Waals surface area (Å²) in [7, 11) is 1.73. The van der Waals surface area contributed by atoms with Crippen LogP contribution in [0.1, 0.15) is 62.5 Å². The number of nitrogens with zero attached hydrogens (tertiary/aromatic N) is 2. The van der Waals surface area contributed by atoms with Gasteiger partial charge in [0, 0.05) is 18.5 Å². The Kier molecular flexibility index (Phi) is 7.83. The summed E-state index contributed by atoms with van der Waals surface area (Å²) in [6.45, 7) is 12.8. The van der Waals surface area contributed by atoms with E-state index >= 15 is 0 Å². The van der Waals surface area contributed by atoms with Crippen LogP contribution in [0.2, 0.25) is 0 Å². The second kappa shape index (κ2) is 9.11. The Morgan fingerprint density at radius 2 is 1.76 bits per heavy atom. The van der Waals surface area contributed by atoms with Crippen LogP contribution in [0, 0.1) is 19.8 Å². The first-order chi connectivity index (χ1) is 9.99. The van der Waals surface area contributed by atoms with Crippen LogP contribution in [0.3, 0.4) is 0 Å². The van der Waals surface area contributed by atoms with E-state index in [1.807, 2.05) is 0 Å². The van der Waals surface area contributed by atoms with Crippen molar-refractivity contribution in [2.75, 3.05) is 20.2 Å². The third-order valence-corrected chi connectivity index (χ3v) is 3.67. The Labute approximate surface area is 129 Å². The highest BCUT2D eigenvalue weighted by Gasteiger charge is 2.16. The summed E-state index contributed by atoms with van der Waals surface area (Å²) in [5, 5.41) is 3.48. The molecule has 120 valence electrons. The quantitative estimate of drug-likeness (QED) is 0.709. The minimum Gasteiger partial charge on any atom is -0.373 e. The van der Waals surface area contributed by atoms with Crippen LogP contribution in [0.5, 0.6) is 0 Å². The number of rotatable bonds is 9. The van der Waals surface area contributed by atoms with E-state index in [0.29, 0.717) is 5.92 Å². The second-order valence-electron chi connectivity index (χ2n) is 6.09. The summed E-state index contributed by atoms with van der Waals surface area (Å²) < 4.78 is 5.51. The predicted octanol–water partition coefficient (Wildman–Crippen LogP) is 3.37. The zero-order chi connectivity index (χ0) is 15.8. The van der Waals surface area contributed by atoms with Crippen molar-refractivity contribution >= 4 is 0 Å². The van der Waals surface area contributed by atoms with Crippen LogP contribution < -0.4 is 5.32 Å². The molecule has 0 spiro atoms. The lowest BCUT2D eigenvalue weighted by molar-refractivity contribution is 0.0872. The van der Waals surface area contributed by atoms with Gasteiger partial charge >= 0.3 is 0 Å². The van der Waals surface area contributed by atoms with Gasteiger partial charge in [0.1, 0.15) is 6.10 Å². The van der Waals surface area contributed by atoms with E-state index in [0.717, 1.165) is 49.6 Å². The van der Waals surface area contributed by atoms with E-state index in [9.17, 15) is 0 Å². The maximum absolute atomic E-state index is 5.51. The number of aromatic nitrogens is 2. The van der Waals surface area contributed by atoms with Gasteiger partial charge in [0.2, 0.25) is 0 Å². The average Bonchev–Trinajstić information content (AvgIpc) is 2.42. The number of ether oxygens (including phenoxy) is 1. The van der Waals surface area contributed by atoms with E-state index in [-0.39, 0.29) is 6.10 Å². The highest BCUT2D eigenvalue weighted by atomic mass is 16.5. The first kappa shape index (κ1) is 18.1. The minimum absolute atomic E-state index is 0.0144. The van der Waals surface area contributed by atoms with Crippen molar-refractivity contribution in [1.82, 2.24) is 15.3 Å². The lowest BCUT2D eigenvalue weighted by Crippen LogP contribution is -2.23. The Morgan fingerprint density at radius 1 is 1.14 bits per heavy atom. The zero-order valence-corrected chi connectivity index (χ0v) is 14.5. The van der Waals surface area contributed by atoms with Crippen LogP contribution in [0.4, 0.5) is 0 Å². The first-order valence-electron chi connectivity index (χ1n) is 8.07. The van der Waals surface area contributed by atoms with Crippen LogP contribution in [-0.4, -0.2) is 30.2 Å². The monoisotopic (exact) mass is 293 g/mol. The molecule has 0 fully saturated rings. The van der Waals surface area contributed by atoms with Crippen molar-refractivity contribution in [2.45, 2.75) is 60.0 Å².